The fraction of sp³-hybridized carbons (Fsp3) is 0.286. The van der Waals surface area contributed by atoms with E-state index in [1.807, 2.05) is 0 Å². The second-order valence-electron chi connectivity index (χ2n) is 4.77. The number of imide groups is 1. The molecule has 0 aromatic heterocycles. The molecule has 98 valence electrons. The highest BCUT2D eigenvalue weighted by atomic mass is 16.3. The van der Waals surface area contributed by atoms with Crippen LogP contribution in [0.25, 0.3) is 0 Å². The number of rotatable bonds is 1. The van der Waals surface area contributed by atoms with Crippen LogP contribution in [-0.4, -0.2) is 45.2 Å². The lowest BCUT2D eigenvalue weighted by molar-refractivity contribution is 0.0299. The summed E-state index contributed by atoms with van der Waals surface area (Å²) in [4.78, 5) is 25.6. The van der Waals surface area contributed by atoms with Gasteiger partial charge in [0.1, 0.15) is 0 Å². The lowest BCUT2D eigenvalue weighted by Gasteiger charge is -2.32. The Bertz CT molecular complexity index is 546. The fourth-order valence-electron chi connectivity index (χ4n) is 2.60. The quantitative estimate of drug-likeness (QED) is 0.563. The molecule has 3 rings (SSSR count). The lowest BCUT2D eigenvalue weighted by atomic mass is 9.95. The van der Waals surface area contributed by atoms with Crippen molar-refractivity contribution >= 4 is 11.8 Å². The van der Waals surface area contributed by atoms with E-state index >= 15 is 0 Å². The molecule has 2 aliphatic rings. The standard InChI is InChI=1S/C14H13NO4/c16-8-5-6-12(17)11(7-8)15-13(18)9-3-1-2-4-10(9)14(15)19/h1-6,8,11-12,16-17H,7H2/t8-,11+,12+/m0/s1. The molecule has 2 amide bonds. The van der Waals surface area contributed by atoms with Crippen LogP contribution in [0, 0.1) is 0 Å². The molecule has 1 heterocycles. The minimum atomic E-state index is -0.939. The number of nitrogens with zero attached hydrogens (tertiary/aromatic N) is 1. The third-order valence-corrected chi connectivity index (χ3v) is 3.56. The number of carbonyl (C=O) groups excluding carboxylic acids is 2. The molecule has 1 aliphatic heterocycles. The van der Waals surface area contributed by atoms with E-state index in [1.54, 1.807) is 24.3 Å². The maximum atomic E-state index is 12.2. The molecule has 0 saturated heterocycles. The molecule has 1 aromatic rings. The van der Waals surface area contributed by atoms with Crippen molar-refractivity contribution in [2.75, 3.05) is 0 Å². The van der Waals surface area contributed by atoms with Gasteiger partial charge in [-0.1, -0.05) is 24.3 Å². The van der Waals surface area contributed by atoms with Crippen LogP contribution in [0.4, 0.5) is 0 Å². The van der Waals surface area contributed by atoms with E-state index in [0.29, 0.717) is 11.1 Å². The van der Waals surface area contributed by atoms with Crippen molar-refractivity contribution in [3.63, 3.8) is 0 Å². The summed E-state index contributed by atoms with van der Waals surface area (Å²) < 4.78 is 0. The van der Waals surface area contributed by atoms with E-state index in [1.165, 1.54) is 12.2 Å². The number of aliphatic hydroxyl groups excluding tert-OH is 2. The van der Waals surface area contributed by atoms with Crippen LogP contribution in [0.5, 0.6) is 0 Å². The topological polar surface area (TPSA) is 77.8 Å². The number of carbonyl (C=O) groups is 2. The van der Waals surface area contributed by atoms with Gasteiger partial charge in [0.2, 0.25) is 0 Å². The lowest BCUT2D eigenvalue weighted by Crippen LogP contribution is -2.49. The van der Waals surface area contributed by atoms with Crippen molar-refractivity contribution in [3.05, 3.63) is 47.5 Å². The molecule has 19 heavy (non-hydrogen) atoms. The van der Waals surface area contributed by atoms with Crippen molar-refractivity contribution < 1.29 is 19.8 Å². The second kappa shape index (κ2) is 4.29. The van der Waals surface area contributed by atoms with Crippen LogP contribution >= 0.6 is 0 Å². The number of amides is 2. The van der Waals surface area contributed by atoms with Gasteiger partial charge in [0.15, 0.2) is 0 Å². The van der Waals surface area contributed by atoms with Crippen molar-refractivity contribution in [2.45, 2.75) is 24.7 Å². The third-order valence-electron chi connectivity index (χ3n) is 3.56. The van der Waals surface area contributed by atoms with Gasteiger partial charge in [-0.15, -0.1) is 0 Å². The smallest absolute Gasteiger partial charge is 0.261 e. The van der Waals surface area contributed by atoms with E-state index in [0.717, 1.165) is 4.90 Å². The zero-order chi connectivity index (χ0) is 13.6. The molecule has 2 N–H and O–H groups in total. The molecule has 0 bridgehead atoms. The van der Waals surface area contributed by atoms with Gasteiger partial charge >= 0.3 is 0 Å². The first-order valence-electron chi connectivity index (χ1n) is 6.11. The molecule has 0 fully saturated rings. The number of benzene rings is 1. The first-order chi connectivity index (χ1) is 9.09. The fourth-order valence-corrected chi connectivity index (χ4v) is 2.60. The minimum absolute atomic E-state index is 0.156. The Morgan fingerprint density at radius 2 is 1.58 bits per heavy atom. The van der Waals surface area contributed by atoms with E-state index in [-0.39, 0.29) is 6.42 Å². The van der Waals surface area contributed by atoms with Crippen molar-refractivity contribution in [2.24, 2.45) is 0 Å². The summed E-state index contributed by atoms with van der Waals surface area (Å²) in [6.45, 7) is 0. The first kappa shape index (κ1) is 12.1. The molecule has 5 nitrogen and oxygen atoms in total. The zero-order valence-corrected chi connectivity index (χ0v) is 10.1. The summed E-state index contributed by atoms with van der Waals surface area (Å²) in [5, 5.41) is 19.5. The maximum Gasteiger partial charge on any atom is 0.261 e. The van der Waals surface area contributed by atoms with Gasteiger partial charge in [-0.3, -0.25) is 14.5 Å². The summed E-state index contributed by atoms with van der Waals surface area (Å²) in [5.74, 6) is -0.820. The Morgan fingerprint density at radius 1 is 1.00 bits per heavy atom. The Kier molecular flexibility index (Phi) is 2.73. The van der Waals surface area contributed by atoms with Crippen LogP contribution < -0.4 is 0 Å². The molecule has 0 spiro atoms. The summed E-state index contributed by atoms with van der Waals surface area (Å²) >= 11 is 0. The van der Waals surface area contributed by atoms with Crippen molar-refractivity contribution in [1.82, 2.24) is 4.90 Å². The molecule has 5 heteroatoms. The van der Waals surface area contributed by atoms with Crippen LogP contribution in [0.1, 0.15) is 27.1 Å². The SMILES string of the molecule is O=C1c2ccccc2C(=O)N1[C@@H]1C[C@@H](O)C=C[C@H]1O. The summed E-state index contributed by atoms with van der Waals surface area (Å²) in [7, 11) is 0. The monoisotopic (exact) mass is 259 g/mol. The zero-order valence-electron chi connectivity index (χ0n) is 10.1. The van der Waals surface area contributed by atoms with Gasteiger partial charge in [0.05, 0.1) is 29.4 Å². The molecule has 1 aliphatic carbocycles. The van der Waals surface area contributed by atoms with E-state index in [2.05, 4.69) is 0 Å². The van der Waals surface area contributed by atoms with Crippen LogP contribution in [-0.2, 0) is 0 Å². The number of fused-ring (bicyclic) bond motifs is 1. The molecule has 0 saturated carbocycles. The Balaban J connectivity index is 1.98. The summed E-state index contributed by atoms with van der Waals surface area (Å²) in [5.41, 5.74) is 0.701. The van der Waals surface area contributed by atoms with Crippen molar-refractivity contribution in [3.8, 4) is 0 Å². The van der Waals surface area contributed by atoms with E-state index in [9.17, 15) is 19.8 Å². The molecule has 0 radical (unpaired) electrons. The first-order valence-corrected chi connectivity index (χ1v) is 6.11. The van der Waals surface area contributed by atoms with Gasteiger partial charge in [0.25, 0.3) is 11.8 Å². The predicted octanol–water partition coefficient (Wildman–Crippen LogP) is 0.333. The van der Waals surface area contributed by atoms with Gasteiger partial charge in [-0.2, -0.15) is 0 Å². The summed E-state index contributed by atoms with van der Waals surface area (Å²) in [6, 6.07) is 5.86. The van der Waals surface area contributed by atoms with Crippen LogP contribution in [0.3, 0.4) is 0 Å². The van der Waals surface area contributed by atoms with E-state index in [4.69, 9.17) is 0 Å². The average Bonchev–Trinajstić information content (AvgIpc) is 2.66. The number of hydrogen-bond donors (Lipinski definition) is 2. The van der Waals surface area contributed by atoms with Crippen molar-refractivity contribution in [1.29, 1.82) is 0 Å². The van der Waals surface area contributed by atoms with Crippen LogP contribution in [0.15, 0.2) is 36.4 Å². The average molecular weight is 259 g/mol. The van der Waals surface area contributed by atoms with Crippen LogP contribution in [0.2, 0.25) is 0 Å². The normalized spacial score (nSPS) is 29.8. The Labute approximate surface area is 109 Å². The highest BCUT2D eigenvalue weighted by molar-refractivity contribution is 6.21. The Morgan fingerprint density at radius 3 is 2.16 bits per heavy atom. The molecule has 0 unspecified atom stereocenters. The molecular formula is C14H13NO4. The highest BCUT2D eigenvalue weighted by Gasteiger charge is 2.43. The van der Waals surface area contributed by atoms with E-state index < -0.39 is 30.1 Å². The van der Waals surface area contributed by atoms with Gasteiger partial charge in [-0.25, -0.2) is 0 Å². The van der Waals surface area contributed by atoms with Gasteiger partial charge in [0, 0.05) is 6.42 Å². The maximum absolute atomic E-state index is 12.2. The molecular weight excluding hydrogens is 246 g/mol. The summed E-state index contributed by atoms with van der Waals surface area (Å²) in [6.07, 6.45) is 1.36. The Hall–Kier alpha value is -1.98. The number of aliphatic hydroxyl groups is 2. The number of hydrogen-bond acceptors (Lipinski definition) is 4. The van der Waals surface area contributed by atoms with Gasteiger partial charge in [-0.05, 0) is 12.1 Å². The van der Waals surface area contributed by atoms with Gasteiger partial charge < -0.3 is 10.2 Å². The third kappa shape index (κ3) is 1.78. The molecule has 3 atom stereocenters. The highest BCUT2D eigenvalue weighted by Crippen LogP contribution is 2.29. The predicted molar refractivity (Wildman–Crippen MR) is 66.5 cm³/mol. The largest absolute Gasteiger partial charge is 0.389 e. The minimum Gasteiger partial charge on any atom is -0.389 e. The second-order valence-corrected chi connectivity index (χ2v) is 4.77. The molecule has 1 aromatic carbocycles.